The zero-order valence-corrected chi connectivity index (χ0v) is 27.7. The monoisotopic (exact) mass is 645 g/mol. The van der Waals surface area contributed by atoms with Gasteiger partial charge in [-0.15, -0.1) is 0 Å². The van der Waals surface area contributed by atoms with Crippen LogP contribution in [0.1, 0.15) is 5.56 Å². The quantitative estimate of drug-likeness (QED) is 0.125. The van der Waals surface area contributed by atoms with Gasteiger partial charge in [-0.3, -0.25) is 4.99 Å². The molecule has 0 aliphatic heterocycles. The van der Waals surface area contributed by atoms with Crippen molar-refractivity contribution in [2.75, 3.05) is 28.4 Å². The average molecular weight is 646 g/mol. The van der Waals surface area contributed by atoms with Crippen molar-refractivity contribution in [3.8, 4) is 62.1 Å². The van der Waals surface area contributed by atoms with Crippen LogP contribution < -0.4 is 18.9 Å². The molecule has 0 fully saturated rings. The fraction of sp³-hybridized carbons (Fsp3) is 0.0930. The molecule has 0 unspecified atom stereocenters. The highest BCUT2D eigenvalue weighted by Gasteiger charge is 2.18. The smallest absolute Gasteiger partial charge is 0.132 e. The van der Waals surface area contributed by atoms with Crippen molar-refractivity contribution in [1.29, 1.82) is 0 Å². The van der Waals surface area contributed by atoms with Gasteiger partial charge in [-0.2, -0.15) is 0 Å². The molecule has 0 spiro atoms. The topological polar surface area (TPSA) is 69.5 Å². The molecule has 7 aromatic carbocycles. The summed E-state index contributed by atoms with van der Waals surface area (Å²) in [6.07, 6.45) is 1.73. The first-order valence-corrected chi connectivity index (χ1v) is 15.9. The van der Waals surface area contributed by atoms with Crippen molar-refractivity contribution in [2.45, 2.75) is 0 Å². The maximum Gasteiger partial charge on any atom is 0.132 e. The Kier molecular flexibility index (Phi) is 8.60. The summed E-state index contributed by atoms with van der Waals surface area (Å²) in [5.41, 5.74) is 6.41. The number of phenolic OH excluding ortho intramolecular Hbond substituents is 1. The molecule has 6 heteroatoms. The summed E-state index contributed by atoms with van der Waals surface area (Å²) in [5, 5.41) is 16.3. The Morgan fingerprint density at radius 1 is 0.490 bits per heavy atom. The highest BCUT2D eigenvalue weighted by Crippen LogP contribution is 2.44. The Labute approximate surface area is 285 Å². The predicted molar refractivity (Wildman–Crippen MR) is 199 cm³/mol. The number of aliphatic imine (C=N–C) groups is 1. The highest BCUT2D eigenvalue weighted by molar-refractivity contribution is 6.14. The van der Waals surface area contributed by atoms with Crippen molar-refractivity contribution in [3.63, 3.8) is 0 Å². The summed E-state index contributed by atoms with van der Waals surface area (Å²) in [6, 6.07) is 42.0. The number of hydrogen-bond donors (Lipinski definition) is 1. The van der Waals surface area contributed by atoms with Gasteiger partial charge in [-0.25, -0.2) is 0 Å². The second kappa shape index (κ2) is 13.5. The lowest BCUT2D eigenvalue weighted by molar-refractivity contribution is 0.394. The van der Waals surface area contributed by atoms with E-state index in [0.717, 1.165) is 54.9 Å². The van der Waals surface area contributed by atoms with Crippen LogP contribution in [0.3, 0.4) is 0 Å². The molecule has 7 aromatic rings. The SMILES string of the molecule is COc1cc(OC)cc(-c2cccc(-c3cc(OC)cc(OC)c3)c2N=Cc2cccc(-c3c4ccccc4cc4ccccc34)c2O)c1. The van der Waals surface area contributed by atoms with Gasteiger partial charge in [0.1, 0.15) is 28.7 Å². The normalized spacial score (nSPS) is 11.3. The van der Waals surface area contributed by atoms with Crippen molar-refractivity contribution in [3.05, 3.63) is 133 Å². The molecule has 0 saturated heterocycles. The Morgan fingerprint density at radius 2 is 0.939 bits per heavy atom. The molecular weight excluding hydrogens is 610 g/mol. The maximum absolute atomic E-state index is 11.9. The lowest BCUT2D eigenvalue weighted by atomic mass is 9.91. The van der Waals surface area contributed by atoms with Gasteiger partial charge >= 0.3 is 0 Å². The molecule has 0 saturated carbocycles. The minimum atomic E-state index is 0.151. The minimum Gasteiger partial charge on any atom is -0.507 e. The molecule has 0 aromatic heterocycles. The third kappa shape index (κ3) is 6.01. The van der Waals surface area contributed by atoms with Crippen molar-refractivity contribution < 1.29 is 24.1 Å². The second-order valence-electron chi connectivity index (χ2n) is 11.6. The van der Waals surface area contributed by atoms with E-state index in [0.29, 0.717) is 34.2 Å². The number of nitrogens with zero attached hydrogens (tertiary/aromatic N) is 1. The van der Waals surface area contributed by atoms with Crippen LogP contribution in [0, 0.1) is 0 Å². The van der Waals surface area contributed by atoms with E-state index in [9.17, 15) is 5.11 Å². The first kappa shape index (κ1) is 31.3. The third-order valence-corrected chi connectivity index (χ3v) is 8.80. The molecule has 6 nitrogen and oxygen atoms in total. The fourth-order valence-corrected chi connectivity index (χ4v) is 6.38. The van der Waals surface area contributed by atoms with Gasteiger partial charge in [0.2, 0.25) is 0 Å². The molecule has 1 N–H and O–H groups in total. The van der Waals surface area contributed by atoms with Crippen LogP contribution in [0.5, 0.6) is 28.7 Å². The minimum absolute atomic E-state index is 0.151. The van der Waals surface area contributed by atoms with Crippen molar-refractivity contribution >= 4 is 33.4 Å². The average Bonchev–Trinajstić information content (AvgIpc) is 3.16. The fourth-order valence-electron chi connectivity index (χ4n) is 6.38. The summed E-state index contributed by atoms with van der Waals surface area (Å²) in [4.78, 5) is 5.12. The van der Waals surface area contributed by atoms with Gasteiger partial charge in [-0.05, 0) is 69.1 Å². The van der Waals surface area contributed by atoms with E-state index in [1.807, 2.05) is 97.1 Å². The molecule has 0 radical (unpaired) electrons. The van der Waals surface area contributed by atoms with Crippen molar-refractivity contribution in [2.24, 2.45) is 4.99 Å². The first-order valence-electron chi connectivity index (χ1n) is 15.9. The molecule has 0 heterocycles. The van der Waals surface area contributed by atoms with Gasteiger partial charge in [0.05, 0.1) is 34.1 Å². The lowest BCUT2D eigenvalue weighted by Gasteiger charge is -2.16. The summed E-state index contributed by atoms with van der Waals surface area (Å²) in [7, 11) is 6.52. The molecule has 0 amide bonds. The third-order valence-electron chi connectivity index (χ3n) is 8.80. The number of rotatable bonds is 9. The van der Waals surface area contributed by atoms with E-state index in [1.54, 1.807) is 34.7 Å². The van der Waals surface area contributed by atoms with Gasteiger partial charge in [0, 0.05) is 46.2 Å². The Balaban J connectivity index is 1.44. The number of phenols is 1. The van der Waals surface area contributed by atoms with E-state index in [1.165, 1.54) is 0 Å². The number of methoxy groups -OCH3 is 4. The van der Waals surface area contributed by atoms with Crippen LogP contribution in [-0.4, -0.2) is 39.8 Å². The van der Waals surface area contributed by atoms with Gasteiger partial charge in [0.25, 0.3) is 0 Å². The van der Waals surface area contributed by atoms with Crippen LogP contribution in [0.25, 0.3) is 54.9 Å². The largest absolute Gasteiger partial charge is 0.507 e. The first-order chi connectivity index (χ1) is 24.0. The number of para-hydroxylation sites is 2. The van der Waals surface area contributed by atoms with Gasteiger partial charge < -0.3 is 24.1 Å². The molecule has 7 rings (SSSR count). The Bertz CT molecular complexity index is 2190. The number of benzene rings is 7. The van der Waals surface area contributed by atoms with E-state index in [2.05, 4.69) is 30.3 Å². The molecule has 49 heavy (non-hydrogen) atoms. The Hall–Kier alpha value is -6.27. The molecule has 0 bridgehead atoms. The molecule has 0 atom stereocenters. The van der Waals surface area contributed by atoms with Gasteiger partial charge in [-0.1, -0.05) is 78.9 Å². The van der Waals surface area contributed by atoms with E-state index < -0.39 is 0 Å². The van der Waals surface area contributed by atoms with E-state index in [4.69, 9.17) is 23.9 Å². The molecule has 242 valence electrons. The highest BCUT2D eigenvalue weighted by atomic mass is 16.5. The molecule has 0 aliphatic rings. The standard InChI is InChI=1S/C43H35NO5/c1-46-32-20-30(21-33(24-32)47-2)38-16-10-17-39(31-22-34(48-3)25-35(23-31)49-4)42(38)44-26-29-13-9-18-40(43(29)45)41-36-14-7-5-11-27(36)19-28-12-6-8-15-37(28)41/h5-26,45H,1-4H3. The van der Waals surface area contributed by atoms with E-state index >= 15 is 0 Å². The summed E-state index contributed by atoms with van der Waals surface area (Å²) < 4.78 is 22.4. The Morgan fingerprint density at radius 3 is 1.43 bits per heavy atom. The lowest BCUT2D eigenvalue weighted by Crippen LogP contribution is -1.93. The maximum atomic E-state index is 11.9. The second-order valence-corrected chi connectivity index (χ2v) is 11.6. The summed E-state index contributed by atoms with van der Waals surface area (Å²) >= 11 is 0. The number of fused-ring (bicyclic) bond motifs is 2. The number of ether oxygens (including phenoxy) is 4. The van der Waals surface area contributed by atoms with E-state index in [-0.39, 0.29) is 5.75 Å². The zero-order chi connectivity index (χ0) is 33.9. The zero-order valence-electron chi connectivity index (χ0n) is 27.7. The molecular formula is C43H35NO5. The molecule has 0 aliphatic carbocycles. The number of hydrogen-bond acceptors (Lipinski definition) is 6. The van der Waals surface area contributed by atoms with Crippen LogP contribution in [0.2, 0.25) is 0 Å². The number of aromatic hydroxyl groups is 1. The van der Waals surface area contributed by atoms with Crippen LogP contribution >= 0.6 is 0 Å². The summed E-state index contributed by atoms with van der Waals surface area (Å²) in [6.45, 7) is 0. The van der Waals surface area contributed by atoms with Crippen LogP contribution in [0.15, 0.2) is 132 Å². The summed E-state index contributed by atoms with van der Waals surface area (Å²) in [5.74, 6) is 2.78. The van der Waals surface area contributed by atoms with Crippen LogP contribution in [0.4, 0.5) is 5.69 Å². The van der Waals surface area contributed by atoms with Crippen molar-refractivity contribution in [1.82, 2.24) is 0 Å². The van der Waals surface area contributed by atoms with Gasteiger partial charge in [0.15, 0.2) is 0 Å². The predicted octanol–water partition coefficient (Wildman–Crippen LogP) is 10.5. The van der Waals surface area contributed by atoms with Crippen LogP contribution in [-0.2, 0) is 0 Å².